The van der Waals surface area contributed by atoms with Crippen molar-refractivity contribution in [1.29, 1.82) is 0 Å². The van der Waals surface area contributed by atoms with E-state index in [1.54, 1.807) is 0 Å². The van der Waals surface area contributed by atoms with E-state index in [0.29, 0.717) is 5.84 Å². The van der Waals surface area contributed by atoms with Gasteiger partial charge in [0.25, 0.3) is 0 Å². The Morgan fingerprint density at radius 3 is 2.26 bits per heavy atom. The Hall–Kier alpha value is -4.97. The van der Waals surface area contributed by atoms with Crippen LogP contribution in [0, 0.1) is 13.8 Å². The minimum absolute atomic E-state index is 0.123. The number of hydrogen-bond acceptors (Lipinski definition) is 5. The molecule has 1 atom stereocenters. The molecule has 1 aromatic heterocycles. The normalized spacial score (nSPS) is 15.6. The molecule has 0 aliphatic carbocycles. The second kappa shape index (κ2) is 8.85. The van der Waals surface area contributed by atoms with Gasteiger partial charge in [0, 0.05) is 11.3 Å². The molecule has 0 radical (unpaired) electrons. The molecule has 184 valence electrons. The van der Waals surface area contributed by atoms with E-state index >= 15 is 0 Å². The van der Waals surface area contributed by atoms with Crippen molar-refractivity contribution < 1.29 is 0 Å². The summed E-state index contributed by atoms with van der Waals surface area (Å²) in [6.45, 7) is 4.16. The summed E-state index contributed by atoms with van der Waals surface area (Å²) in [5.74, 6) is 2.30. The van der Waals surface area contributed by atoms with Gasteiger partial charge in [-0.25, -0.2) is 14.7 Å². The third-order valence-electron chi connectivity index (χ3n) is 7.04. The molecule has 4 aromatic carbocycles. The summed E-state index contributed by atoms with van der Waals surface area (Å²) in [7, 11) is 0. The van der Waals surface area contributed by atoms with Gasteiger partial charge in [-0.1, -0.05) is 72.8 Å². The van der Waals surface area contributed by atoms with E-state index in [2.05, 4.69) is 103 Å². The first kappa shape index (κ1) is 22.2. The number of hydrogen-bond donors (Lipinski definition) is 1. The Labute approximate surface area is 221 Å². The van der Waals surface area contributed by atoms with Crippen molar-refractivity contribution in [3.8, 4) is 5.69 Å². The highest BCUT2D eigenvalue weighted by Gasteiger charge is 2.41. The summed E-state index contributed by atoms with van der Waals surface area (Å²) in [6, 6.07) is 37.2. The minimum atomic E-state index is -0.123. The van der Waals surface area contributed by atoms with Crippen molar-refractivity contribution >= 4 is 34.6 Å². The summed E-state index contributed by atoms with van der Waals surface area (Å²) < 4.78 is 1.95. The molecule has 6 heteroatoms. The van der Waals surface area contributed by atoms with Crippen LogP contribution < -0.4 is 10.2 Å². The Bertz CT molecular complexity index is 1720. The van der Waals surface area contributed by atoms with Crippen molar-refractivity contribution in [2.75, 3.05) is 10.2 Å². The lowest BCUT2D eigenvalue weighted by molar-refractivity contribution is 0.815. The molecule has 2 aliphatic rings. The first-order valence-corrected chi connectivity index (χ1v) is 12.8. The summed E-state index contributed by atoms with van der Waals surface area (Å²) in [5, 5.41) is 8.57. The third kappa shape index (κ3) is 3.61. The number of fused-ring (bicyclic) bond motifs is 4. The summed E-state index contributed by atoms with van der Waals surface area (Å²) >= 11 is 0. The zero-order chi connectivity index (χ0) is 25.6. The molecule has 0 fully saturated rings. The van der Waals surface area contributed by atoms with Crippen LogP contribution in [0.25, 0.3) is 5.69 Å². The van der Waals surface area contributed by atoms with Crippen molar-refractivity contribution in [2.24, 2.45) is 9.98 Å². The largest absolute Gasteiger partial charge is 0.337 e. The van der Waals surface area contributed by atoms with Crippen molar-refractivity contribution in [2.45, 2.75) is 19.9 Å². The van der Waals surface area contributed by atoms with Crippen LogP contribution in [0.3, 0.4) is 0 Å². The maximum absolute atomic E-state index is 5.29. The van der Waals surface area contributed by atoms with E-state index in [-0.39, 0.29) is 6.04 Å². The number of rotatable bonds is 3. The van der Waals surface area contributed by atoms with Crippen LogP contribution >= 0.6 is 0 Å². The lowest BCUT2D eigenvalue weighted by Crippen LogP contribution is -2.46. The molecule has 0 amide bonds. The summed E-state index contributed by atoms with van der Waals surface area (Å²) in [6.07, 6.45) is 0. The second-order valence-electron chi connectivity index (χ2n) is 9.63. The zero-order valence-electron chi connectivity index (χ0n) is 21.2. The zero-order valence-corrected chi connectivity index (χ0v) is 21.2. The number of anilines is 2. The average molecular weight is 495 g/mol. The Morgan fingerprint density at radius 2 is 1.47 bits per heavy atom. The summed E-state index contributed by atoms with van der Waals surface area (Å²) in [5.41, 5.74) is 8.26. The number of aliphatic imine (C=N–C) groups is 2. The van der Waals surface area contributed by atoms with Crippen LogP contribution in [-0.2, 0) is 0 Å². The molecule has 1 unspecified atom stereocenters. The predicted molar refractivity (Wildman–Crippen MR) is 154 cm³/mol. The monoisotopic (exact) mass is 494 g/mol. The first-order chi connectivity index (χ1) is 18.7. The van der Waals surface area contributed by atoms with Crippen LogP contribution in [0.2, 0.25) is 0 Å². The van der Waals surface area contributed by atoms with Gasteiger partial charge in [-0.15, -0.1) is 0 Å². The van der Waals surface area contributed by atoms with Gasteiger partial charge in [0.05, 0.1) is 28.8 Å². The maximum Gasteiger partial charge on any atom is 0.179 e. The number of aryl methyl sites for hydroxylation is 2. The van der Waals surface area contributed by atoms with Crippen LogP contribution in [0.4, 0.5) is 22.9 Å². The van der Waals surface area contributed by atoms with Crippen molar-refractivity contribution in [3.63, 3.8) is 0 Å². The molecule has 6 nitrogen and oxygen atoms in total. The fraction of sp³-hybridized carbons (Fsp3) is 0.0938. The molecule has 5 aromatic rings. The van der Waals surface area contributed by atoms with E-state index < -0.39 is 0 Å². The molecule has 0 saturated heterocycles. The average Bonchev–Trinajstić information content (AvgIpc) is 3.29. The molecule has 7 rings (SSSR count). The van der Waals surface area contributed by atoms with E-state index in [4.69, 9.17) is 15.1 Å². The number of para-hydroxylation sites is 3. The molecule has 0 bridgehead atoms. The lowest BCUT2D eigenvalue weighted by Gasteiger charge is -2.40. The number of nitrogens with zero attached hydrogens (tertiary/aromatic N) is 5. The molecular weight excluding hydrogens is 468 g/mol. The van der Waals surface area contributed by atoms with Gasteiger partial charge in [0.1, 0.15) is 0 Å². The molecule has 38 heavy (non-hydrogen) atoms. The van der Waals surface area contributed by atoms with Gasteiger partial charge in [-0.05, 0) is 61.4 Å². The van der Waals surface area contributed by atoms with Crippen molar-refractivity contribution in [1.82, 2.24) is 9.78 Å². The number of benzene rings is 4. The van der Waals surface area contributed by atoms with E-state index in [9.17, 15) is 0 Å². The molecule has 0 saturated carbocycles. The van der Waals surface area contributed by atoms with Gasteiger partial charge >= 0.3 is 0 Å². The fourth-order valence-corrected chi connectivity index (χ4v) is 5.36. The van der Waals surface area contributed by atoms with E-state index in [1.807, 2.05) is 35.0 Å². The highest BCUT2D eigenvalue weighted by atomic mass is 15.4. The molecular formula is C32H26N6. The fourth-order valence-electron chi connectivity index (χ4n) is 5.36. The van der Waals surface area contributed by atoms with Gasteiger partial charge in [-0.2, -0.15) is 5.10 Å². The van der Waals surface area contributed by atoms with Crippen molar-refractivity contribution in [3.05, 3.63) is 132 Å². The second-order valence-corrected chi connectivity index (χ2v) is 9.63. The van der Waals surface area contributed by atoms with E-state index in [1.165, 1.54) is 11.1 Å². The maximum atomic E-state index is 5.29. The number of nitrogens with one attached hydrogen (secondary N) is 1. The van der Waals surface area contributed by atoms with Gasteiger partial charge in [-0.3, -0.25) is 0 Å². The standard InChI is InChI=1S/C32H26N6/c1-21-12-11-15-24(20-21)33-30-32-35-31-28(22(2)36-38(31)25-16-7-4-8-17-25)29(23-13-5-3-6-14-23)37(32)27-19-10-9-18-26(27)34-30/h3-20,29H,1-2H3,(H,33,34). The topological polar surface area (TPSA) is 57.8 Å². The molecule has 2 aliphatic heterocycles. The van der Waals surface area contributed by atoms with Gasteiger partial charge in [0.2, 0.25) is 0 Å². The van der Waals surface area contributed by atoms with Gasteiger partial charge < -0.3 is 10.2 Å². The van der Waals surface area contributed by atoms with Crippen LogP contribution in [0.1, 0.15) is 28.4 Å². The molecule has 3 heterocycles. The van der Waals surface area contributed by atoms with Crippen LogP contribution in [0.15, 0.2) is 119 Å². The quantitative estimate of drug-likeness (QED) is 0.287. The Morgan fingerprint density at radius 1 is 0.737 bits per heavy atom. The Kier molecular flexibility index (Phi) is 5.18. The predicted octanol–water partition coefficient (Wildman–Crippen LogP) is 7.28. The van der Waals surface area contributed by atoms with Gasteiger partial charge in [0.15, 0.2) is 17.5 Å². The van der Waals surface area contributed by atoms with Crippen LogP contribution in [-0.4, -0.2) is 21.5 Å². The number of aromatic nitrogens is 2. The minimum Gasteiger partial charge on any atom is -0.337 e. The molecule has 0 spiro atoms. The Balaban J connectivity index is 1.50. The highest BCUT2D eigenvalue weighted by molar-refractivity contribution is 6.51. The van der Waals surface area contributed by atoms with E-state index in [0.717, 1.165) is 45.7 Å². The highest BCUT2D eigenvalue weighted by Crippen LogP contribution is 2.48. The first-order valence-electron chi connectivity index (χ1n) is 12.8. The third-order valence-corrected chi connectivity index (χ3v) is 7.04. The molecule has 1 N–H and O–H groups in total. The SMILES string of the molecule is Cc1cccc(NC2=Nc3ccccc3N3C2=Nc2c(c(C)nn2-c2ccccc2)C3c2ccccc2)c1. The summed E-state index contributed by atoms with van der Waals surface area (Å²) in [4.78, 5) is 12.7. The van der Waals surface area contributed by atoms with Crippen LogP contribution in [0.5, 0.6) is 0 Å². The number of amidine groups is 2. The smallest absolute Gasteiger partial charge is 0.179 e. The lowest BCUT2D eigenvalue weighted by atomic mass is 9.93.